The van der Waals surface area contributed by atoms with Crippen molar-refractivity contribution in [3.63, 3.8) is 0 Å². The molecular formula is C41H50N4O5. The van der Waals surface area contributed by atoms with E-state index in [-0.39, 0.29) is 30.2 Å². The highest BCUT2D eigenvalue weighted by atomic mass is 16.5. The van der Waals surface area contributed by atoms with Crippen molar-refractivity contribution in [2.75, 3.05) is 19.7 Å². The van der Waals surface area contributed by atoms with Crippen LogP contribution in [0.5, 0.6) is 5.75 Å². The summed E-state index contributed by atoms with van der Waals surface area (Å²) >= 11 is 0. The van der Waals surface area contributed by atoms with Crippen molar-refractivity contribution in [1.82, 2.24) is 19.4 Å². The topological polar surface area (TPSA) is 115 Å². The van der Waals surface area contributed by atoms with Crippen molar-refractivity contribution in [1.29, 1.82) is 0 Å². The smallest absolute Gasteiger partial charge is 0.308 e. The third-order valence-electron chi connectivity index (χ3n) is 9.47. The molecule has 9 nitrogen and oxygen atoms in total. The lowest BCUT2D eigenvalue weighted by atomic mass is 9.91. The van der Waals surface area contributed by atoms with Crippen molar-refractivity contribution in [3.8, 4) is 28.3 Å². The molecule has 264 valence electrons. The second-order valence-corrected chi connectivity index (χ2v) is 14.4. The van der Waals surface area contributed by atoms with E-state index in [9.17, 15) is 19.5 Å². The highest BCUT2D eigenvalue weighted by Gasteiger charge is 2.35. The van der Waals surface area contributed by atoms with Crippen molar-refractivity contribution < 1.29 is 24.2 Å². The number of rotatable bonds is 16. The number of Topliss-reactive ketones (excluding diaryl/α,β-unsaturated/α-hetero) is 1. The Hall–Kier alpha value is -4.79. The third-order valence-corrected chi connectivity index (χ3v) is 9.47. The molecule has 1 aliphatic heterocycles. The van der Waals surface area contributed by atoms with Gasteiger partial charge in [-0.1, -0.05) is 69.0 Å². The quantitative estimate of drug-likeness (QED) is 0.0941. The number of carboxylic acid groups (broad SMARTS) is 1. The molecule has 0 aliphatic carbocycles. The SMILES string of the molecule is CCCCCCCOc1ccc(-c2cnc(-c3ccc(C[C@H](CC(=O)c4ccn(C(C)(C)C)c4)C(=O)N4CC[C@H](C(=O)O)C4)cc3)nc2)cc1. The van der Waals surface area contributed by atoms with Crippen molar-refractivity contribution >= 4 is 17.7 Å². The van der Waals surface area contributed by atoms with E-state index in [2.05, 4.69) is 37.7 Å². The Labute approximate surface area is 295 Å². The molecule has 0 unspecified atom stereocenters. The molecule has 9 heteroatoms. The van der Waals surface area contributed by atoms with E-state index in [0.717, 1.165) is 41.0 Å². The Morgan fingerprint density at radius 3 is 2.20 bits per heavy atom. The van der Waals surface area contributed by atoms with Crippen LogP contribution < -0.4 is 4.74 Å². The monoisotopic (exact) mass is 678 g/mol. The molecular weight excluding hydrogens is 628 g/mol. The van der Waals surface area contributed by atoms with E-state index in [1.165, 1.54) is 25.7 Å². The number of nitrogens with zero attached hydrogens (tertiary/aromatic N) is 4. The number of aromatic nitrogens is 3. The van der Waals surface area contributed by atoms with Crippen LogP contribution in [-0.4, -0.2) is 61.9 Å². The fourth-order valence-corrected chi connectivity index (χ4v) is 6.33. The molecule has 1 amide bonds. The van der Waals surface area contributed by atoms with Gasteiger partial charge in [-0.15, -0.1) is 0 Å². The summed E-state index contributed by atoms with van der Waals surface area (Å²) in [4.78, 5) is 49.6. The van der Waals surface area contributed by atoms with Crippen LogP contribution in [0.1, 0.15) is 88.6 Å². The summed E-state index contributed by atoms with van der Waals surface area (Å²) in [6.07, 6.45) is 14.2. The molecule has 5 rings (SSSR count). The summed E-state index contributed by atoms with van der Waals surface area (Å²) in [6.45, 7) is 9.69. The number of amides is 1. The van der Waals surface area contributed by atoms with Crippen LogP contribution in [0.2, 0.25) is 0 Å². The van der Waals surface area contributed by atoms with Gasteiger partial charge in [0.2, 0.25) is 5.91 Å². The first-order valence-corrected chi connectivity index (χ1v) is 17.9. The number of hydrogen-bond acceptors (Lipinski definition) is 6. The van der Waals surface area contributed by atoms with Gasteiger partial charge >= 0.3 is 5.97 Å². The maximum Gasteiger partial charge on any atom is 0.308 e. The van der Waals surface area contributed by atoms with Gasteiger partial charge in [-0.3, -0.25) is 14.4 Å². The summed E-state index contributed by atoms with van der Waals surface area (Å²) < 4.78 is 7.89. The second-order valence-electron chi connectivity index (χ2n) is 14.4. The van der Waals surface area contributed by atoms with Crippen LogP contribution in [0.3, 0.4) is 0 Å². The highest BCUT2D eigenvalue weighted by Crippen LogP contribution is 2.27. The van der Waals surface area contributed by atoms with Gasteiger partial charge in [0.05, 0.1) is 12.5 Å². The van der Waals surface area contributed by atoms with E-state index < -0.39 is 17.8 Å². The number of hydrogen-bond donors (Lipinski definition) is 1. The van der Waals surface area contributed by atoms with Gasteiger partial charge in [-0.2, -0.15) is 0 Å². The Morgan fingerprint density at radius 1 is 0.900 bits per heavy atom. The van der Waals surface area contributed by atoms with Crippen LogP contribution in [0.25, 0.3) is 22.5 Å². The van der Waals surface area contributed by atoms with E-state index in [1.807, 2.05) is 77.9 Å². The zero-order valence-electron chi connectivity index (χ0n) is 29.8. The highest BCUT2D eigenvalue weighted by molar-refractivity contribution is 5.98. The molecule has 1 N–H and O–H groups in total. The zero-order valence-corrected chi connectivity index (χ0v) is 29.8. The Morgan fingerprint density at radius 2 is 1.58 bits per heavy atom. The molecule has 0 bridgehead atoms. The minimum Gasteiger partial charge on any atom is -0.494 e. The van der Waals surface area contributed by atoms with Crippen LogP contribution in [0.15, 0.2) is 79.4 Å². The number of carbonyl (C=O) groups is 3. The van der Waals surface area contributed by atoms with Gasteiger partial charge in [-0.25, -0.2) is 9.97 Å². The predicted molar refractivity (Wildman–Crippen MR) is 195 cm³/mol. The molecule has 2 atom stereocenters. The molecule has 0 radical (unpaired) electrons. The van der Waals surface area contributed by atoms with Crippen LogP contribution >= 0.6 is 0 Å². The van der Waals surface area contributed by atoms with Crippen molar-refractivity contribution in [3.05, 3.63) is 90.5 Å². The van der Waals surface area contributed by atoms with Gasteiger partial charge in [0.15, 0.2) is 11.6 Å². The number of aliphatic carboxylic acids is 1. The standard InChI is InChI=1S/C41H50N4O5/c1-5-6-7-8-9-22-50-36-16-14-30(15-17-36)35-25-42-38(43-26-35)31-12-10-29(11-13-31)23-34(39(47)44-20-18-33(27-44)40(48)49)24-37(46)32-19-21-45(28-32)41(2,3)4/h10-17,19,21,25-26,28,33-34H,5-9,18,20,22-24,27H2,1-4H3,(H,48,49)/t33-,34+/m0/s1. The van der Waals surface area contributed by atoms with Crippen LogP contribution in [0, 0.1) is 11.8 Å². The van der Waals surface area contributed by atoms with E-state index in [4.69, 9.17) is 4.74 Å². The molecule has 0 saturated carbocycles. The van der Waals surface area contributed by atoms with Crippen LogP contribution in [0.4, 0.5) is 0 Å². The minimum atomic E-state index is -0.895. The predicted octanol–water partition coefficient (Wildman–Crippen LogP) is 8.08. The van der Waals surface area contributed by atoms with Crippen LogP contribution in [-0.2, 0) is 21.5 Å². The summed E-state index contributed by atoms with van der Waals surface area (Å²) in [5.74, 6) is -0.922. The summed E-state index contributed by atoms with van der Waals surface area (Å²) in [6, 6.07) is 17.6. The maximum absolute atomic E-state index is 13.7. The molecule has 2 aromatic heterocycles. The lowest BCUT2D eigenvalue weighted by molar-refractivity contribution is -0.141. The van der Waals surface area contributed by atoms with Gasteiger partial charge in [0, 0.05) is 72.4 Å². The lowest BCUT2D eigenvalue weighted by Gasteiger charge is -2.23. The van der Waals surface area contributed by atoms with Crippen molar-refractivity contribution in [2.24, 2.45) is 11.8 Å². The first kappa shape index (κ1) is 36.5. The van der Waals surface area contributed by atoms with Crippen molar-refractivity contribution in [2.45, 2.75) is 84.6 Å². The summed E-state index contributed by atoms with van der Waals surface area (Å²) in [5, 5.41) is 9.49. The number of carboxylic acids is 1. The van der Waals surface area contributed by atoms with Gasteiger partial charge in [-0.05, 0) is 69.4 Å². The number of carbonyl (C=O) groups excluding carboxylic acids is 2. The average molecular weight is 679 g/mol. The molecule has 1 fully saturated rings. The van der Waals surface area contributed by atoms with E-state index >= 15 is 0 Å². The lowest BCUT2D eigenvalue weighted by Crippen LogP contribution is -2.37. The molecule has 1 aliphatic rings. The normalized spacial score (nSPS) is 15.2. The number of ketones is 1. The zero-order chi connectivity index (χ0) is 35.7. The van der Waals surface area contributed by atoms with E-state index in [0.29, 0.717) is 30.8 Å². The second kappa shape index (κ2) is 16.7. The number of benzene rings is 2. The molecule has 0 spiro atoms. The van der Waals surface area contributed by atoms with Gasteiger partial charge in [0.1, 0.15) is 5.75 Å². The first-order valence-electron chi connectivity index (χ1n) is 17.9. The number of unbranched alkanes of at least 4 members (excludes halogenated alkanes) is 4. The molecule has 50 heavy (non-hydrogen) atoms. The molecule has 4 aromatic rings. The minimum absolute atomic E-state index is 0.0414. The molecule has 3 heterocycles. The Bertz CT molecular complexity index is 1720. The Balaban J connectivity index is 1.23. The van der Waals surface area contributed by atoms with E-state index in [1.54, 1.807) is 11.0 Å². The molecule has 1 saturated heterocycles. The first-order chi connectivity index (χ1) is 24.0. The maximum atomic E-state index is 13.7. The largest absolute Gasteiger partial charge is 0.494 e. The van der Waals surface area contributed by atoms with Gasteiger partial charge in [0.25, 0.3) is 0 Å². The number of ether oxygens (including phenoxy) is 1. The summed E-state index contributed by atoms with van der Waals surface area (Å²) in [5.41, 5.74) is 4.06. The fourth-order valence-electron chi connectivity index (χ4n) is 6.33. The Kier molecular flexibility index (Phi) is 12.2. The van der Waals surface area contributed by atoms with Gasteiger partial charge < -0.3 is 19.3 Å². The third kappa shape index (κ3) is 9.67. The fraction of sp³-hybridized carbons (Fsp3) is 0.439. The average Bonchev–Trinajstić information content (AvgIpc) is 3.82. The number of likely N-dealkylation sites (tertiary alicyclic amines) is 1. The molecule has 2 aromatic carbocycles. The summed E-state index contributed by atoms with van der Waals surface area (Å²) in [7, 11) is 0.